The number of carboxylic acid groups (broad SMARTS) is 1. The molecule has 0 spiro atoms. The fourth-order valence-electron chi connectivity index (χ4n) is 0.842. The molecule has 0 saturated heterocycles. The zero-order chi connectivity index (χ0) is 11.1. The first-order valence-electron chi connectivity index (χ1n) is 4.22. The largest absolute Gasteiger partial charge is 0.496 e. The summed E-state index contributed by atoms with van der Waals surface area (Å²) in [5, 5.41) is 8.69. The van der Waals surface area contributed by atoms with E-state index >= 15 is 0 Å². The predicted molar refractivity (Wildman–Crippen MR) is 59.0 cm³/mol. The molecule has 3 nitrogen and oxygen atoms in total. The number of hydrogen-bond donors (Lipinski definition) is 1. The van der Waals surface area contributed by atoms with Gasteiger partial charge in [0, 0.05) is 4.47 Å². The van der Waals surface area contributed by atoms with Gasteiger partial charge in [-0.2, -0.15) is 0 Å². The third-order valence-corrected chi connectivity index (χ3v) is 1.89. The van der Waals surface area contributed by atoms with Crippen LogP contribution < -0.4 is 4.74 Å². The van der Waals surface area contributed by atoms with E-state index in [1.54, 1.807) is 12.1 Å². The Morgan fingerprint density at radius 2 is 2.00 bits per heavy atom. The molecule has 0 saturated carbocycles. The van der Waals surface area contributed by atoms with Crippen LogP contribution >= 0.6 is 15.9 Å². The van der Waals surface area contributed by atoms with E-state index in [1.165, 1.54) is 13.2 Å². The molecule has 1 rings (SSSR count). The summed E-state index contributed by atoms with van der Waals surface area (Å²) in [6.45, 7) is 4.00. The molecule has 0 bridgehead atoms. The zero-order valence-electron chi connectivity index (χ0n) is 8.37. The summed E-state index contributed by atoms with van der Waals surface area (Å²) in [6.07, 6.45) is 0. The van der Waals surface area contributed by atoms with Crippen LogP contribution in [0.3, 0.4) is 0 Å². The van der Waals surface area contributed by atoms with Gasteiger partial charge in [0.25, 0.3) is 0 Å². The van der Waals surface area contributed by atoms with E-state index in [0.29, 0.717) is 5.75 Å². The van der Waals surface area contributed by atoms with E-state index in [0.717, 1.165) is 4.47 Å². The maximum Gasteiger partial charge on any atom is 0.339 e. The quantitative estimate of drug-likeness (QED) is 0.889. The standard InChI is InChI=1S/C8H7BrO3.C2H6/c1-12-7-4-5(9)2-3-6(7)8(10)11;1-2/h2-4H,1H3,(H,10,11);1-2H3. The van der Waals surface area contributed by atoms with Crippen LogP contribution in [0.5, 0.6) is 5.75 Å². The molecule has 0 unspecified atom stereocenters. The first-order chi connectivity index (χ1) is 6.65. The fourth-order valence-corrected chi connectivity index (χ4v) is 1.18. The molecular weight excluding hydrogens is 248 g/mol. The first-order valence-corrected chi connectivity index (χ1v) is 5.01. The van der Waals surface area contributed by atoms with Crippen LogP contribution in [0.4, 0.5) is 0 Å². The fraction of sp³-hybridized carbons (Fsp3) is 0.300. The minimum absolute atomic E-state index is 0.167. The minimum atomic E-state index is -0.987. The maximum absolute atomic E-state index is 10.6. The van der Waals surface area contributed by atoms with Gasteiger partial charge < -0.3 is 9.84 Å². The Hall–Kier alpha value is -1.03. The average molecular weight is 261 g/mol. The van der Waals surface area contributed by atoms with Crippen LogP contribution in [-0.2, 0) is 0 Å². The van der Waals surface area contributed by atoms with Gasteiger partial charge in [-0.3, -0.25) is 0 Å². The molecule has 1 N–H and O–H groups in total. The Balaban J connectivity index is 0.000000791. The van der Waals surface area contributed by atoms with Gasteiger partial charge in [-0.15, -0.1) is 0 Å². The van der Waals surface area contributed by atoms with Gasteiger partial charge in [0.05, 0.1) is 7.11 Å². The van der Waals surface area contributed by atoms with Crippen LogP contribution in [0.1, 0.15) is 24.2 Å². The number of benzene rings is 1. The molecule has 0 heterocycles. The number of halogens is 1. The second kappa shape index (κ2) is 6.43. The van der Waals surface area contributed by atoms with Crippen LogP contribution in [0.2, 0.25) is 0 Å². The Morgan fingerprint density at radius 3 is 2.43 bits per heavy atom. The lowest BCUT2D eigenvalue weighted by Gasteiger charge is -2.03. The summed E-state index contributed by atoms with van der Waals surface area (Å²) in [5.41, 5.74) is 0.167. The number of carbonyl (C=O) groups is 1. The van der Waals surface area contributed by atoms with E-state index in [9.17, 15) is 4.79 Å². The molecule has 0 radical (unpaired) electrons. The monoisotopic (exact) mass is 260 g/mol. The zero-order valence-corrected chi connectivity index (χ0v) is 9.96. The molecule has 0 aliphatic heterocycles. The Morgan fingerprint density at radius 1 is 1.43 bits per heavy atom. The maximum atomic E-state index is 10.6. The molecular formula is C10H13BrO3. The number of methoxy groups -OCH3 is 1. The van der Waals surface area contributed by atoms with Crippen molar-refractivity contribution in [3.8, 4) is 5.75 Å². The number of ether oxygens (including phenoxy) is 1. The molecule has 1 aromatic carbocycles. The van der Waals surface area contributed by atoms with E-state index in [4.69, 9.17) is 9.84 Å². The number of rotatable bonds is 2. The molecule has 0 aliphatic carbocycles. The Labute approximate surface area is 91.8 Å². The lowest BCUT2D eigenvalue weighted by atomic mass is 10.2. The van der Waals surface area contributed by atoms with Gasteiger partial charge in [0.2, 0.25) is 0 Å². The van der Waals surface area contributed by atoms with E-state index < -0.39 is 5.97 Å². The summed E-state index contributed by atoms with van der Waals surface area (Å²) in [4.78, 5) is 10.6. The van der Waals surface area contributed by atoms with Crippen molar-refractivity contribution in [2.45, 2.75) is 13.8 Å². The summed E-state index contributed by atoms with van der Waals surface area (Å²) >= 11 is 3.21. The van der Waals surface area contributed by atoms with Crippen molar-refractivity contribution in [2.75, 3.05) is 7.11 Å². The van der Waals surface area contributed by atoms with Crippen molar-refractivity contribution in [1.29, 1.82) is 0 Å². The van der Waals surface area contributed by atoms with Crippen molar-refractivity contribution in [1.82, 2.24) is 0 Å². The smallest absolute Gasteiger partial charge is 0.339 e. The highest BCUT2D eigenvalue weighted by Crippen LogP contribution is 2.23. The van der Waals surface area contributed by atoms with Gasteiger partial charge in [0.15, 0.2) is 0 Å². The van der Waals surface area contributed by atoms with E-state index in [2.05, 4.69) is 15.9 Å². The van der Waals surface area contributed by atoms with Crippen molar-refractivity contribution in [3.63, 3.8) is 0 Å². The molecule has 0 aliphatic rings. The molecule has 0 fully saturated rings. The van der Waals surface area contributed by atoms with E-state index in [-0.39, 0.29) is 5.56 Å². The topological polar surface area (TPSA) is 46.5 Å². The second-order valence-corrected chi connectivity index (χ2v) is 3.07. The lowest BCUT2D eigenvalue weighted by Crippen LogP contribution is -1.99. The normalized spacial score (nSPS) is 8.57. The van der Waals surface area contributed by atoms with Crippen molar-refractivity contribution in [3.05, 3.63) is 28.2 Å². The summed E-state index contributed by atoms with van der Waals surface area (Å²) in [5.74, 6) is -0.628. The van der Waals surface area contributed by atoms with Crippen molar-refractivity contribution < 1.29 is 14.6 Å². The minimum Gasteiger partial charge on any atom is -0.496 e. The molecule has 0 aromatic heterocycles. The highest BCUT2D eigenvalue weighted by molar-refractivity contribution is 9.10. The Bertz CT molecular complexity index is 310. The molecule has 4 heteroatoms. The average Bonchev–Trinajstić information content (AvgIpc) is 2.20. The van der Waals surface area contributed by atoms with Crippen molar-refractivity contribution >= 4 is 21.9 Å². The highest BCUT2D eigenvalue weighted by Gasteiger charge is 2.09. The molecule has 78 valence electrons. The van der Waals surface area contributed by atoms with Crippen LogP contribution in [0, 0.1) is 0 Å². The lowest BCUT2D eigenvalue weighted by molar-refractivity contribution is 0.0693. The van der Waals surface area contributed by atoms with Crippen molar-refractivity contribution in [2.24, 2.45) is 0 Å². The van der Waals surface area contributed by atoms with Crippen LogP contribution in [0.25, 0.3) is 0 Å². The third kappa shape index (κ3) is 3.38. The molecule has 0 amide bonds. The van der Waals surface area contributed by atoms with E-state index in [1.807, 2.05) is 13.8 Å². The number of aromatic carboxylic acids is 1. The molecule has 1 aromatic rings. The second-order valence-electron chi connectivity index (χ2n) is 2.15. The van der Waals surface area contributed by atoms with Crippen LogP contribution in [0.15, 0.2) is 22.7 Å². The number of hydrogen-bond acceptors (Lipinski definition) is 2. The predicted octanol–water partition coefficient (Wildman–Crippen LogP) is 3.18. The molecule has 0 atom stereocenters. The third-order valence-electron chi connectivity index (χ3n) is 1.39. The van der Waals surface area contributed by atoms with Gasteiger partial charge >= 0.3 is 5.97 Å². The van der Waals surface area contributed by atoms with Gasteiger partial charge in [-0.05, 0) is 18.2 Å². The first kappa shape index (κ1) is 13.0. The van der Waals surface area contributed by atoms with Gasteiger partial charge in [-0.1, -0.05) is 29.8 Å². The van der Waals surface area contributed by atoms with Crippen LogP contribution in [-0.4, -0.2) is 18.2 Å². The summed E-state index contributed by atoms with van der Waals surface area (Å²) in [7, 11) is 1.44. The molecule has 14 heavy (non-hydrogen) atoms. The highest BCUT2D eigenvalue weighted by atomic mass is 79.9. The van der Waals surface area contributed by atoms with Gasteiger partial charge in [0.1, 0.15) is 11.3 Å². The summed E-state index contributed by atoms with van der Waals surface area (Å²) in [6, 6.07) is 4.76. The Kier molecular flexibility index (Phi) is 5.95. The number of carboxylic acids is 1. The SMILES string of the molecule is CC.COc1cc(Br)ccc1C(=O)O. The summed E-state index contributed by atoms with van der Waals surface area (Å²) < 4.78 is 5.67. The van der Waals surface area contributed by atoms with Gasteiger partial charge in [-0.25, -0.2) is 4.79 Å².